The highest BCUT2D eigenvalue weighted by molar-refractivity contribution is 7.26. The number of hydrogen-bond acceptors (Lipinski definition) is 4. The van der Waals surface area contributed by atoms with Gasteiger partial charge < -0.3 is 0 Å². The van der Waals surface area contributed by atoms with Gasteiger partial charge in [0.25, 0.3) is 0 Å². The zero-order valence-electron chi connectivity index (χ0n) is 22.8. The van der Waals surface area contributed by atoms with E-state index in [-0.39, 0.29) is 0 Å². The van der Waals surface area contributed by atoms with Crippen LogP contribution >= 0.6 is 22.7 Å². The summed E-state index contributed by atoms with van der Waals surface area (Å²) in [7, 11) is 0. The largest absolute Gasteiger partial charge is 0.292 e. The molecule has 0 bridgehead atoms. The molecule has 0 spiro atoms. The van der Waals surface area contributed by atoms with Crippen LogP contribution in [0.15, 0.2) is 127 Å². The van der Waals surface area contributed by atoms with Gasteiger partial charge in [0.15, 0.2) is 11.6 Å². The molecule has 4 aromatic heterocycles. The van der Waals surface area contributed by atoms with E-state index in [4.69, 9.17) is 9.97 Å². The Morgan fingerprint density at radius 2 is 1.12 bits per heavy atom. The van der Waals surface area contributed by atoms with E-state index in [2.05, 4.69) is 132 Å². The molecule has 0 aliphatic heterocycles. The number of benzene rings is 6. The lowest BCUT2D eigenvalue weighted by molar-refractivity contribution is 1.08. The molecule has 10 aromatic rings. The number of thiophene rings is 2. The van der Waals surface area contributed by atoms with Crippen molar-refractivity contribution < 1.29 is 0 Å². The van der Waals surface area contributed by atoms with Crippen molar-refractivity contribution in [1.29, 1.82) is 0 Å². The van der Waals surface area contributed by atoms with Crippen molar-refractivity contribution >= 4 is 95.7 Å². The molecule has 0 aliphatic rings. The second-order valence-corrected chi connectivity index (χ2v) is 13.1. The van der Waals surface area contributed by atoms with Crippen molar-refractivity contribution in [2.75, 3.05) is 0 Å². The fourth-order valence-electron chi connectivity index (χ4n) is 6.66. The monoisotopic (exact) mass is 583 g/mol. The molecule has 6 aromatic carbocycles. The second-order valence-electron chi connectivity index (χ2n) is 11.0. The highest BCUT2D eigenvalue weighted by Crippen LogP contribution is 2.43. The van der Waals surface area contributed by atoms with E-state index in [0.717, 1.165) is 38.5 Å². The highest BCUT2D eigenvalue weighted by atomic mass is 32.1. The Bertz CT molecular complexity index is 2750. The zero-order chi connectivity index (χ0) is 28.1. The van der Waals surface area contributed by atoms with E-state index < -0.39 is 0 Å². The van der Waals surface area contributed by atoms with Gasteiger partial charge in [0, 0.05) is 46.6 Å². The summed E-state index contributed by atoms with van der Waals surface area (Å²) in [6.45, 7) is 0. The molecule has 0 amide bonds. The Labute approximate surface area is 253 Å². The third-order valence-electron chi connectivity index (χ3n) is 8.60. The molecule has 0 aliphatic carbocycles. The number of fused-ring (bicyclic) bond motifs is 10. The lowest BCUT2D eigenvalue weighted by Gasteiger charge is -2.11. The van der Waals surface area contributed by atoms with Gasteiger partial charge in [-0.25, -0.2) is 9.97 Å². The number of hydrogen-bond donors (Lipinski definition) is 0. The predicted molar refractivity (Wildman–Crippen MR) is 185 cm³/mol. The molecule has 0 fully saturated rings. The Morgan fingerprint density at radius 3 is 1.98 bits per heavy atom. The summed E-state index contributed by atoms with van der Waals surface area (Å²) in [6.07, 6.45) is 0. The van der Waals surface area contributed by atoms with Crippen LogP contribution in [-0.2, 0) is 0 Å². The van der Waals surface area contributed by atoms with Gasteiger partial charge in [0.05, 0.1) is 21.3 Å². The maximum Gasteiger partial charge on any atom is 0.163 e. The molecule has 0 radical (unpaired) electrons. The maximum atomic E-state index is 5.48. The Hall–Kier alpha value is -5.10. The first-order valence-electron chi connectivity index (χ1n) is 14.3. The Morgan fingerprint density at radius 1 is 0.465 bits per heavy atom. The molecule has 3 nitrogen and oxygen atoms in total. The fourth-order valence-corrected chi connectivity index (χ4v) is 8.99. The summed E-state index contributed by atoms with van der Waals surface area (Å²) in [5.74, 6) is 1.69. The number of para-hydroxylation sites is 1. The minimum absolute atomic E-state index is 0.759. The molecule has 43 heavy (non-hydrogen) atoms. The lowest BCUT2D eigenvalue weighted by atomic mass is 10.1. The van der Waals surface area contributed by atoms with Gasteiger partial charge in [-0.15, -0.1) is 22.7 Å². The van der Waals surface area contributed by atoms with Gasteiger partial charge in [-0.05, 0) is 47.2 Å². The average molecular weight is 584 g/mol. The normalized spacial score (nSPS) is 12.2. The molecular weight excluding hydrogens is 563 g/mol. The van der Waals surface area contributed by atoms with Gasteiger partial charge in [0.1, 0.15) is 0 Å². The minimum atomic E-state index is 0.759. The molecular formula is C38H21N3S2. The smallest absolute Gasteiger partial charge is 0.163 e. The summed E-state index contributed by atoms with van der Waals surface area (Å²) in [5, 5.41) is 8.62. The van der Waals surface area contributed by atoms with E-state index in [1.54, 1.807) is 11.3 Å². The maximum absolute atomic E-state index is 5.48. The molecule has 5 heteroatoms. The quantitative estimate of drug-likeness (QED) is 0.203. The van der Waals surface area contributed by atoms with Crippen molar-refractivity contribution in [3.8, 4) is 17.2 Å². The van der Waals surface area contributed by atoms with E-state index in [0.29, 0.717) is 0 Å². The number of rotatable bonds is 2. The molecule has 4 heterocycles. The third-order valence-corrected chi connectivity index (χ3v) is 11.0. The standard InChI is InChI=1S/C38H21N3S2/c1-2-11-23-21-31-29(20-22(23)10-1)24-12-3-6-17-30(24)41(31)38-36-34(27-14-5-8-19-33(27)43-36)39-37(40-38)28-16-9-15-26-25-13-4-7-18-32(25)42-35(26)28/h1-21H. The van der Waals surface area contributed by atoms with E-state index in [1.807, 2.05) is 11.3 Å². The third kappa shape index (κ3) is 3.29. The average Bonchev–Trinajstić information content (AvgIpc) is 3.73. The van der Waals surface area contributed by atoms with Crippen LogP contribution in [-0.4, -0.2) is 14.5 Å². The van der Waals surface area contributed by atoms with Crippen molar-refractivity contribution in [3.63, 3.8) is 0 Å². The minimum Gasteiger partial charge on any atom is -0.292 e. The summed E-state index contributed by atoms with van der Waals surface area (Å²) < 4.78 is 7.19. The molecule has 0 unspecified atom stereocenters. The van der Waals surface area contributed by atoms with Crippen LogP contribution in [0.25, 0.3) is 90.3 Å². The van der Waals surface area contributed by atoms with Crippen LogP contribution in [0, 0.1) is 0 Å². The van der Waals surface area contributed by atoms with Gasteiger partial charge in [0.2, 0.25) is 0 Å². The first-order chi connectivity index (χ1) is 21.3. The Balaban J connectivity index is 1.38. The summed E-state index contributed by atoms with van der Waals surface area (Å²) in [6, 6.07) is 45.7. The fraction of sp³-hybridized carbons (Fsp3) is 0. The lowest BCUT2D eigenvalue weighted by Crippen LogP contribution is -2.01. The highest BCUT2D eigenvalue weighted by Gasteiger charge is 2.22. The molecule has 0 N–H and O–H groups in total. The topological polar surface area (TPSA) is 30.7 Å². The van der Waals surface area contributed by atoms with Crippen LogP contribution < -0.4 is 0 Å². The van der Waals surface area contributed by atoms with Gasteiger partial charge >= 0.3 is 0 Å². The van der Waals surface area contributed by atoms with Crippen molar-refractivity contribution in [2.45, 2.75) is 0 Å². The van der Waals surface area contributed by atoms with Crippen LogP contribution in [0.1, 0.15) is 0 Å². The number of aromatic nitrogens is 3. The van der Waals surface area contributed by atoms with Crippen LogP contribution in [0.4, 0.5) is 0 Å². The van der Waals surface area contributed by atoms with Crippen LogP contribution in [0.2, 0.25) is 0 Å². The van der Waals surface area contributed by atoms with Gasteiger partial charge in [-0.2, -0.15) is 0 Å². The molecule has 0 saturated carbocycles. The van der Waals surface area contributed by atoms with E-state index in [9.17, 15) is 0 Å². The van der Waals surface area contributed by atoms with Crippen molar-refractivity contribution in [2.24, 2.45) is 0 Å². The Kier molecular flexibility index (Phi) is 4.75. The number of nitrogens with zero attached hydrogens (tertiary/aromatic N) is 3. The zero-order valence-corrected chi connectivity index (χ0v) is 24.4. The van der Waals surface area contributed by atoms with E-state index >= 15 is 0 Å². The summed E-state index contributed by atoms with van der Waals surface area (Å²) in [5.41, 5.74) is 4.38. The second kappa shape index (κ2) is 8.71. The van der Waals surface area contributed by atoms with Crippen molar-refractivity contribution in [1.82, 2.24) is 14.5 Å². The van der Waals surface area contributed by atoms with Gasteiger partial charge in [-0.3, -0.25) is 4.57 Å². The molecule has 0 saturated heterocycles. The molecule has 10 rings (SSSR count). The SMILES string of the molecule is c1ccc2cc3c(cc2c1)c1ccccc1n3-c1nc(-c2cccc3c2sc2ccccc23)nc2c1sc1ccccc12. The van der Waals surface area contributed by atoms with Crippen molar-refractivity contribution in [3.05, 3.63) is 127 Å². The summed E-state index contributed by atoms with van der Waals surface area (Å²) in [4.78, 5) is 10.8. The predicted octanol–water partition coefficient (Wildman–Crippen LogP) is 11.1. The first kappa shape index (κ1) is 23.5. The molecule has 200 valence electrons. The van der Waals surface area contributed by atoms with Crippen LogP contribution in [0.3, 0.4) is 0 Å². The first-order valence-corrected chi connectivity index (χ1v) is 16.0. The van der Waals surface area contributed by atoms with Gasteiger partial charge in [-0.1, -0.05) is 91.0 Å². The summed E-state index contributed by atoms with van der Waals surface area (Å²) >= 11 is 3.60. The van der Waals surface area contributed by atoms with Crippen LogP contribution in [0.5, 0.6) is 0 Å². The molecule has 0 atom stereocenters. The van der Waals surface area contributed by atoms with E-state index in [1.165, 1.54) is 51.8 Å².